The molecule has 0 saturated carbocycles. The van der Waals surface area contributed by atoms with Crippen molar-refractivity contribution in [3.63, 3.8) is 0 Å². The maximum Gasteiger partial charge on any atom is 0.416 e. The number of hydrogen-bond acceptors (Lipinski definition) is 3. The van der Waals surface area contributed by atoms with Crippen molar-refractivity contribution in [2.24, 2.45) is 0 Å². The topological polar surface area (TPSA) is 51.0 Å². The van der Waals surface area contributed by atoms with E-state index in [2.05, 4.69) is 16.7 Å². The summed E-state index contributed by atoms with van der Waals surface area (Å²) in [7, 11) is 0. The number of benzene rings is 2. The van der Waals surface area contributed by atoms with Crippen LogP contribution in [0, 0.1) is 0 Å². The summed E-state index contributed by atoms with van der Waals surface area (Å²) in [6.07, 6.45) is -2.25. The van der Waals surface area contributed by atoms with E-state index in [0.29, 0.717) is 46.6 Å². The number of halogens is 4. The zero-order valence-electron chi connectivity index (χ0n) is 17.1. The van der Waals surface area contributed by atoms with Crippen molar-refractivity contribution < 1.29 is 22.4 Å². The minimum Gasteiger partial charge on any atom is -0.306 e. The van der Waals surface area contributed by atoms with Gasteiger partial charge in [-0.15, -0.1) is 0 Å². The second-order valence-corrected chi connectivity index (χ2v) is 7.63. The maximum absolute atomic E-state index is 13.5. The third-order valence-electron chi connectivity index (χ3n) is 5.61. The fraction of sp³-hybridized carbons (Fsp3) is 0.125. The second-order valence-electron chi connectivity index (χ2n) is 7.63. The molecule has 0 spiro atoms. The van der Waals surface area contributed by atoms with Gasteiger partial charge in [-0.1, -0.05) is 24.8 Å². The van der Waals surface area contributed by atoms with Crippen molar-refractivity contribution in [3.8, 4) is 16.9 Å². The molecule has 1 aliphatic rings. The number of carbonyl (C=O) groups excluding carboxylic acids is 1. The fourth-order valence-corrected chi connectivity index (χ4v) is 4.02. The van der Waals surface area contributed by atoms with E-state index in [4.69, 9.17) is 0 Å². The average molecular weight is 452 g/mol. The lowest BCUT2D eigenvalue weighted by Gasteiger charge is -2.16. The van der Waals surface area contributed by atoms with Gasteiger partial charge in [0.1, 0.15) is 5.69 Å². The highest BCUT2D eigenvalue weighted by Gasteiger charge is 2.30. The zero-order chi connectivity index (χ0) is 23.3. The minimum atomic E-state index is -4.43. The van der Waals surface area contributed by atoms with Crippen molar-refractivity contribution in [1.82, 2.24) is 14.8 Å². The molecule has 1 amide bonds. The number of aromatic nitrogens is 3. The number of hydrogen-bond donors (Lipinski definition) is 0. The van der Waals surface area contributed by atoms with E-state index in [9.17, 15) is 22.4 Å². The van der Waals surface area contributed by atoms with Crippen molar-refractivity contribution >= 4 is 22.6 Å². The highest BCUT2D eigenvalue weighted by molar-refractivity contribution is 6.05. The lowest BCUT2D eigenvalue weighted by atomic mass is 10.1. The fourth-order valence-electron chi connectivity index (χ4n) is 4.02. The summed E-state index contributed by atoms with van der Waals surface area (Å²) in [5, 5.41) is 5.29. The van der Waals surface area contributed by atoms with Gasteiger partial charge in [0.2, 0.25) is 0 Å². The predicted octanol–water partition coefficient (Wildman–Crippen LogP) is 5.48. The van der Waals surface area contributed by atoms with Crippen LogP contribution in [0.25, 0.3) is 28.0 Å². The Labute approximate surface area is 185 Å². The third-order valence-corrected chi connectivity index (χ3v) is 5.61. The molecule has 0 saturated heterocycles. The van der Waals surface area contributed by atoms with E-state index in [1.165, 1.54) is 17.0 Å². The molecule has 0 atom stereocenters. The molecule has 1 aliphatic heterocycles. The van der Waals surface area contributed by atoms with Gasteiger partial charge >= 0.3 is 6.18 Å². The Hall–Kier alpha value is -4.01. The molecule has 33 heavy (non-hydrogen) atoms. The van der Waals surface area contributed by atoms with Crippen LogP contribution in [0.4, 0.5) is 23.2 Å². The van der Waals surface area contributed by atoms with E-state index >= 15 is 0 Å². The SMILES string of the molecule is C=C(F)C(=O)N1CCc2ccc(-n3nc(-c4ccc(C(F)(F)F)cc4)c4cccnc43)cc21. The van der Waals surface area contributed by atoms with Crippen molar-refractivity contribution in [2.45, 2.75) is 12.6 Å². The van der Waals surface area contributed by atoms with Crippen LogP contribution in [0.3, 0.4) is 0 Å². The zero-order valence-corrected chi connectivity index (χ0v) is 17.1. The van der Waals surface area contributed by atoms with Crippen LogP contribution >= 0.6 is 0 Å². The van der Waals surface area contributed by atoms with E-state index in [1.54, 1.807) is 29.1 Å². The smallest absolute Gasteiger partial charge is 0.306 e. The quantitative estimate of drug-likeness (QED) is 0.306. The Bertz CT molecular complexity index is 1410. The number of alkyl halides is 3. The molecule has 4 aromatic rings. The van der Waals surface area contributed by atoms with E-state index in [1.807, 2.05) is 12.1 Å². The van der Waals surface area contributed by atoms with Crippen molar-refractivity contribution in [2.75, 3.05) is 11.4 Å². The summed E-state index contributed by atoms with van der Waals surface area (Å²) in [6.45, 7) is 3.44. The molecule has 0 unspecified atom stereocenters. The third kappa shape index (κ3) is 3.55. The summed E-state index contributed by atoms with van der Waals surface area (Å²) < 4.78 is 53.9. The first-order valence-electron chi connectivity index (χ1n) is 10.0. The minimum absolute atomic E-state index is 0.343. The van der Waals surface area contributed by atoms with Crippen molar-refractivity contribution in [3.05, 3.63) is 84.3 Å². The Morgan fingerprint density at radius 3 is 2.52 bits per heavy atom. The van der Waals surface area contributed by atoms with Gasteiger partial charge in [-0.05, 0) is 48.4 Å². The van der Waals surface area contributed by atoms with Crippen LogP contribution in [0.2, 0.25) is 0 Å². The monoisotopic (exact) mass is 452 g/mol. The van der Waals surface area contributed by atoms with Gasteiger partial charge in [0, 0.05) is 29.4 Å². The second kappa shape index (κ2) is 7.54. The molecule has 5 nitrogen and oxygen atoms in total. The Balaban J connectivity index is 1.62. The first kappa shape index (κ1) is 20.9. The van der Waals surface area contributed by atoms with E-state index in [-0.39, 0.29) is 0 Å². The molecule has 3 heterocycles. The lowest BCUT2D eigenvalue weighted by molar-refractivity contribution is -0.137. The molecule has 9 heteroatoms. The van der Waals surface area contributed by atoms with Crippen LogP contribution in [0.15, 0.2) is 73.2 Å². The van der Waals surface area contributed by atoms with Gasteiger partial charge in [0.15, 0.2) is 11.5 Å². The molecule has 2 aromatic heterocycles. The molecule has 0 fully saturated rings. The standard InChI is InChI=1S/C24H16F4N4O/c1-14(25)23(33)31-12-10-15-6-9-18(13-20(15)31)32-22-19(3-2-11-29-22)21(30-32)16-4-7-17(8-5-16)24(26,27)28/h2-9,11,13H,1,10,12H2. The number of anilines is 1. The molecular weight excluding hydrogens is 436 g/mol. The summed E-state index contributed by atoms with van der Waals surface area (Å²) in [6, 6.07) is 13.7. The number of amides is 1. The van der Waals surface area contributed by atoms with E-state index in [0.717, 1.165) is 17.7 Å². The molecule has 2 aromatic carbocycles. The first-order valence-corrected chi connectivity index (χ1v) is 10.0. The van der Waals surface area contributed by atoms with Gasteiger partial charge in [0.05, 0.1) is 11.3 Å². The number of fused-ring (bicyclic) bond motifs is 2. The van der Waals surface area contributed by atoms with E-state index < -0.39 is 23.5 Å². The van der Waals surface area contributed by atoms with Crippen LogP contribution in [-0.4, -0.2) is 27.2 Å². The maximum atomic E-state index is 13.5. The van der Waals surface area contributed by atoms with Crippen LogP contribution in [0.5, 0.6) is 0 Å². The van der Waals surface area contributed by atoms with Gasteiger partial charge in [-0.3, -0.25) is 4.79 Å². The van der Waals surface area contributed by atoms with Crippen LogP contribution in [0.1, 0.15) is 11.1 Å². The summed E-state index contributed by atoms with van der Waals surface area (Å²) in [4.78, 5) is 17.9. The highest BCUT2D eigenvalue weighted by atomic mass is 19.4. The van der Waals surface area contributed by atoms with Crippen LogP contribution in [-0.2, 0) is 17.4 Å². The predicted molar refractivity (Wildman–Crippen MR) is 116 cm³/mol. The Kier molecular flexibility index (Phi) is 4.77. The number of rotatable bonds is 3. The largest absolute Gasteiger partial charge is 0.416 e. The normalized spacial score (nSPS) is 13.4. The average Bonchev–Trinajstić information content (AvgIpc) is 3.39. The number of pyridine rings is 1. The van der Waals surface area contributed by atoms with Gasteiger partial charge in [-0.2, -0.15) is 18.3 Å². The molecule has 5 rings (SSSR count). The van der Waals surface area contributed by atoms with Crippen molar-refractivity contribution in [1.29, 1.82) is 0 Å². The lowest BCUT2D eigenvalue weighted by Crippen LogP contribution is -2.28. The van der Waals surface area contributed by atoms with Crippen LogP contribution < -0.4 is 4.90 Å². The molecular formula is C24H16F4N4O. The number of carbonyl (C=O) groups is 1. The molecule has 0 aliphatic carbocycles. The first-order chi connectivity index (χ1) is 15.7. The van der Waals surface area contributed by atoms with Gasteiger partial charge < -0.3 is 4.90 Å². The summed E-state index contributed by atoms with van der Waals surface area (Å²) in [5.41, 5.74) is 2.76. The Morgan fingerprint density at radius 2 is 1.82 bits per heavy atom. The highest BCUT2D eigenvalue weighted by Crippen LogP contribution is 2.35. The summed E-state index contributed by atoms with van der Waals surface area (Å²) in [5.74, 6) is -1.83. The summed E-state index contributed by atoms with van der Waals surface area (Å²) >= 11 is 0. The Morgan fingerprint density at radius 1 is 1.06 bits per heavy atom. The molecule has 166 valence electrons. The molecule has 0 N–H and O–H groups in total. The molecule has 0 radical (unpaired) electrons. The number of nitrogens with zero attached hydrogens (tertiary/aromatic N) is 4. The van der Waals surface area contributed by atoms with Gasteiger partial charge in [0.25, 0.3) is 5.91 Å². The van der Waals surface area contributed by atoms with Gasteiger partial charge in [-0.25, -0.2) is 14.1 Å². The molecule has 0 bridgehead atoms.